The monoisotopic (exact) mass is 181 g/mol. The first kappa shape index (κ1) is 8.24. The van der Waals surface area contributed by atoms with Gasteiger partial charge in [0.2, 0.25) is 0 Å². The van der Waals surface area contributed by atoms with Gasteiger partial charge < -0.3 is 4.31 Å². The van der Waals surface area contributed by atoms with Crippen molar-refractivity contribution in [1.29, 1.82) is 0 Å². The second-order valence-corrected chi connectivity index (χ2v) is 5.13. The van der Waals surface area contributed by atoms with Crippen LogP contribution in [0.3, 0.4) is 0 Å². The number of allylic oxidation sites excluding steroid dienone is 2. The van der Waals surface area contributed by atoms with E-state index in [9.17, 15) is 0 Å². The summed E-state index contributed by atoms with van der Waals surface area (Å²) in [5, 5.41) is 0.718. The molecule has 2 heterocycles. The molecular formula is C10H15NS. The zero-order valence-electron chi connectivity index (χ0n) is 7.87. The summed E-state index contributed by atoms with van der Waals surface area (Å²) in [6.07, 6.45) is 4.58. The zero-order chi connectivity index (χ0) is 8.72. The Morgan fingerprint density at radius 1 is 1.50 bits per heavy atom. The molecule has 0 N–H and O–H groups in total. The zero-order valence-corrected chi connectivity index (χ0v) is 8.69. The molecule has 0 aromatic rings. The molecule has 0 bridgehead atoms. The highest BCUT2D eigenvalue weighted by atomic mass is 32.2. The number of rotatable bonds is 1. The van der Waals surface area contributed by atoms with Crippen LogP contribution in [0, 0.1) is 5.92 Å². The summed E-state index contributed by atoms with van der Waals surface area (Å²) >= 11 is 1.96. The number of hydrogen-bond acceptors (Lipinski definition) is 2. The highest BCUT2D eigenvalue weighted by Gasteiger charge is 2.32. The Morgan fingerprint density at radius 2 is 2.25 bits per heavy atom. The standard InChI is InChI=1S/C10H15NS/c1-7(2)9-4-5-10-8(3)12-11(10)6-9/h4-5,7-8H,6H2,1-3H3. The summed E-state index contributed by atoms with van der Waals surface area (Å²) in [4.78, 5) is 0. The molecule has 1 unspecified atom stereocenters. The third-order valence-electron chi connectivity index (χ3n) is 2.53. The fraction of sp³-hybridized carbons (Fsp3) is 0.600. The van der Waals surface area contributed by atoms with Gasteiger partial charge in [-0.05, 0) is 36.4 Å². The fourth-order valence-corrected chi connectivity index (χ4v) is 2.69. The maximum atomic E-state index is 2.40. The molecule has 0 saturated carbocycles. The van der Waals surface area contributed by atoms with Gasteiger partial charge in [0, 0.05) is 5.70 Å². The van der Waals surface area contributed by atoms with Crippen molar-refractivity contribution in [3.63, 3.8) is 0 Å². The van der Waals surface area contributed by atoms with E-state index in [1.165, 1.54) is 5.70 Å². The smallest absolute Gasteiger partial charge is 0.0627 e. The molecule has 2 aliphatic heterocycles. The molecule has 0 aromatic heterocycles. The lowest BCUT2D eigenvalue weighted by atomic mass is 10.00. The molecule has 0 radical (unpaired) electrons. The number of fused-ring (bicyclic) bond motifs is 1. The van der Waals surface area contributed by atoms with E-state index in [0.29, 0.717) is 5.92 Å². The summed E-state index contributed by atoms with van der Waals surface area (Å²) in [6.45, 7) is 7.93. The molecular weight excluding hydrogens is 166 g/mol. The van der Waals surface area contributed by atoms with Gasteiger partial charge in [0.15, 0.2) is 0 Å². The van der Waals surface area contributed by atoms with Gasteiger partial charge in [-0.25, -0.2) is 0 Å². The Balaban J connectivity index is 2.15. The molecule has 1 fully saturated rings. The van der Waals surface area contributed by atoms with Crippen molar-refractivity contribution >= 4 is 11.9 Å². The summed E-state index contributed by atoms with van der Waals surface area (Å²) in [5.41, 5.74) is 3.06. The van der Waals surface area contributed by atoms with E-state index in [0.717, 1.165) is 11.8 Å². The first-order chi connectivity index (χ1) is 5.68. The topological polar surface area (TPSA) is 3.24 Å². The lowest BCUT2D eigenvalue weighted by molar-refractivity contribution is 0.514. The average molecular weight is 181 g/mol. The molecule has 1 nitrogen and oxygen atoms in total. The van der Waals surface area contributed by atoms with E-state index in [1.807, 2.05) is 11.9 Å². The molecule has 0 amide bonds. The van der Waals surface area contributed by atoms with Gasteiger partial charge in [-0.15, -0.1) is 0 Å². The van der Waals surface area contributed by atoms with E-state index < -0.39 is 0 Å². The van der Waals surface area contributed by atoms with Crippen LogP contribution in [0.25, 0.3) is 0 Å². The van der Waals surface area contributed by atoms with Crippen LogP contribution >= 0.6 is 11.9 Å². The van der Waals surface area contributed by atoms with E-state index >= 15 is 0 Å². The van der Waals surface area contributed by atoms with Crippen molar-refractivity contribution < 1.29 is 0 Å². The van der Waals surface area contributed by atoms with Gasteiger partial charge in [-0.2, -0.15) is 0 Å². The first-order valence-corrected chi connectivity index (χ1v) is 5.37. The average Bonchev–Trinajstić information content (AvgIpc) is 2.01. The highest BCUT2D eigenvalue weighted by molar-refractivity contribution is 7.99. The second-order valence-electron chi connectivity index (χ2n) is 3.77. The Labute approximate surface area is 78.7 Å². The minimum Gasteiger partial charge on any atom is -0.314 e. The van der Waals surface area contributed by atoms with E-state index in [-0.39, 0.29) is 0 Å². The van der Waals surface area contributed by atoms with E-state index in [4.69, 9.17) is 0 Å². The van der Waals surface area contributed by atoms with Crippen LogP contribution < -0.4 is 0 Å². The molecule has 2 heteroatoms. The largest absolute Gasteiger partial charge is 0.314 e. The van der Waals surface area contributed by atoms with Crippen LogP contribution in [0.2, 0.25) is 0 Å². The first-order valence-electron chi connectivity index (χ1n) is 4.53. The normalized spacial score (nSPS) is 27.7. The van der Waals surface area contributed by atoms with Gasteiger partial charge in [-0.1, -0.05) is 19.9 Å². The predicted molar refractivity (Wildman–Crippen MR) is 54.8 cm³/mol. The lowest BCUT2D eigenvalue weighted by Gasteiger charge is -2.43. The summed E-state index contributed by atoms with van der Waals surface area (Å²) in [5.74, 6) is 0.694. The third-order valence-corrected chi connectivity index (χ3v) is 3.68. The van der Waals surface area contributed by atoms with Crippen molar-refractivity contribution in [2.24, 2.45) is 5.92 Å². The fourth-order valence-electron chi connectivity index (χ4n) is 1.59. The summed E-state index contributed by atoms with van der Waals surface area (Å²) < 4.78 is 2.40. The quantitative estimate of drug-likeness (QED) is 0.572. The van der Waals surface area contributed by atoms with Crippen LogP contribution in [0.1, 0.15) is 20.8 Å². The van der Waals surface area contributed by atoms with Crippen molar-refractivity contribution in [2.45, 2.75) is 26.0 Å². The molecule has 66 valence electrons. The summed E-state index contributed by atoms with van der Waals surface area (Å²) in [6, 6.07) is 0. The van der Waals surface area contributed by atoms with Gasteiger partial charge >= 0.3 is 0 Å². The Hall–Kier alpha value is -0.370. The van der Waals surface area contributed by atoms with Gasteiger partial charge in [0.05, 0.1) is 11.8 Å². The van der Waals surface area contributed by atoms with Crippen molar-refractivity contribution in [3.8, 4) is 0 Å². The van der Waals surface area contributed by atoms with Crippen LogP contribution in [0.15, 0.2) is 23.4 Å². The van der Waals surface area contributed by atoms with Gasteiger partial charge in [-0.3, -0.25) is 0 Å². The molecule has 2 rings (SSSR count). The molecule has 1 atom stereocenters. The molecule has 1 saturated heterocycles. The molecule has 0 aromatic carbocycles. The molecule has 2 aliphatic rings. The van der Waals surface area contributed by atoms with Gasteiger partial charge in [0.1, 0.15) is 0 Å². The third kappa shape index (κ3) is 1.18. The molecule has 12 heavy (non-hydrogen) atoms. The van der Waals surface area contributed by atoms with Crippen LogP contribution in [-0.4, -0.2) is 16.1 Å². The predicted octanol–water partition coefficient (Wildman–Crippen LogP) is 2.82. The van der Waals surface area contributed by atoms with Crippen LogP contribution in [0.5, 0.6) is 0 Å². The minimum atomic E-state index is 0.694. The maximum absolute atomic E-state index is 2.40. The molecule has 0 aliphatic carbocycles. The highest BCUT2D eigenvalue weighted by Crippen LogP contribution is 2.42. The van der Waals surface area contributed by atoms with Crippen molar-refractivity contribution in [1.82, 2.24) is 4.31 Å². The van der Waals surface area contributed by atoms with Crippen LogP contribution in [0.4, 0.5) is 0 Å². The SMILES string of the molecule is CC(C)C1=CC=C2C(C)SN2C1. The second kappa shape index (κ2) is 2.84. The van der Waals surface area contributed by atoms with Gasteiger partial charge in [0.25, 0.3) is 0 Å². The Bertz CT molecular complexity index is 253. The summed E-state index contributed by atoms with van der Waals surface area (Å²) in [7, 11) is 0. The van der Waals surface area contributed by atoms with E-state index in [1.54, 1.807) is 5.57 Å². The number of hydrogen-bond donors (Lipinski definition) is 0. The lowest BCUT2D eigenvalue weighted by Crippen LogP contribution is -2.37. The minimum absolute atomic E-state index is 0.694. The Morgan fingerprint density at radius 3 is 2.75 bits per heavy atom. The Kier molecular flexibility index (Phi) is 1.95. The maximum Gasteiger partial charge on any atom is 0.0627 e. The number of nitrogens with zero attached hydrogens (tertiary/aromatic N) is 1. The van der Waals surface area contributed by atoms with Crippen molar-refractivity contribution in [3.05, 3.63) is 23.4 Å². The molecule has 0 spiro atoms. The van der Waals surface area contributed by atoms with Crippen LogP contribution in [-0.2, 0) is 0 Å². The van der Waals surface area contributed by atoms with Crippen molar-refractivity contribution in [2.75, 3.05) is 6.54 Å². The van der Waals surface area contributed by atoms with E-state index in [2.05, 4.69) is 37.2 Å².